The molecule has 0 aliphatic heterocycles. The highest BCUT2D eigenvalue weighted by atomic mass is 35.5. The van der Waals surface area contributed by atoms with E-state index in [2.05, 4.69) is 15.4 Å². The quantitative estimate of drug-likeness (QED) is 0.778. The lowest BCUT2D eigenvalue weighted by Gasteiger charge is -2.05. The molecule has 0 aliphatic carbocycles. The zero-order valence-electron chi connectivity index (χ0n) is 12.8. The number of anilines is 1. The fraction of sp³-hybridized carbons (Fsp3) is 0.118. The zero-order valence-corrected chi connectivity index (χ0v) is 13.6. The summed E-state index contributed by atoms with van der Waals surface area (Å²) in [5.74, 6) is -1.06. The molecule has 24 heavy (non-hydrogen) atoms. The molecule has 3 aromatic rings. The van der Waals surface area contributed by atoms with E-state index in [9.17, 15) is 9.18 Å². The lowest BCUT2D eigenvalue weighted by atomic mass is 10.1. The number of benzene rings is 1. The molecule has 0 fully saturated rings. The summed E-state index contributed by atoms with van der Waals surface area (Å²) in [6.45, 7) is 2.07. The van der Waals surface area contributed by atoms with Gasteiger partial charge < -0.3 is 5.32 Å². The lowest BCUT2D eigenvalue weighted by Crippen LogP contribution is -2.14. The third-order valence-corrected chi connectivity index (χ3v) is 3.71. The van der Waals surface area contributed by atoms with Crippen molar-refractivity contribution in [2.75, 3.05) is 5.32 Å². The molecule has 122 valence electrons. The maximum absolute atomic E-state index is 14.7. The Morgan fingerprint density at radius 2 is 2.04 bits per heavy atom. The van der Waals surface area contributed by atoms with E-state index in [1.165, 1.54) is 6.20 Å². The van der Waals surface area contributed by atoms with Gasteiger partial charge in [0.2, 0.25) is 5.95 Å². The molecule has 2 aromatic heterocycles. The standard InChI is InChI=1S/C17H14ClFN4O/c1-2-23-16(19)14(11-5-7-12(18)8-6-11)15(22-23)17(24)21-13-4-3-9-20-10-13/h3-10H,2H2,1H3,(H,21,24). The summed E-state index contributed by atoms with van der Waals surface area (Å²) in [5, 5.41) is 7.30. The van der Waals surface area contributed by atoms with Crippen molar-refractivity contribution in [2.24, 2.45) is 0 Å². The Bertz CT molecular complexity index is 862. The van der Waals surface area contributed by atoms with Crippen molar-refractivity contribution in [1.82, 2.24) is 14.8 Å². The van der Waals surface area contributed by atoms with Gasteiger partial charge in [0.05, 0.1) is 17.4 Å². The number of aromatic nitrogens is 3. The minimum absolute atomic E-state index is 0.0144. The van der Waals surface area contributed by atoms with Crippen LogP contribution in [0.3, 0.4) is 0 Å². The zero-order chi connectivity index (χ0) is 17.1. The average Bonchev–Trinajstić information content (AvgIpc) is 2.93. The van der Waals surface area contributed by atoms with Crippen LogP contribution in [0.25, 0.3) is 11.1 Å². The second-order valence-electron chi connectivity index (χ2n) is 5.03. The Morgan fingerprint density at radius 1 is 1.29 bits per heavy atom. The Kier molecular flexibility index (Phi) is 4.57. The normalized spacial score (nSPS) is 10.6. The molecule has 1 amide bonds. The molecule has 7 heteroatoms. The van der Waals surface area contributed by atoms with E-state index >= 15 is 0 Å². The fourth-order valence-corrected chi connectivity index (χ4v) is 2.44. The molecule has 5 nitrogen and oxygen atoms in total. The molecular formula is C17H14ClFN4O. The number of carbonyl (C=O) groups excluding carboxylic acids is 1. The molecule has 0 aliphatic rings. The number of amides is 1. The Morgan fingerprint density at radius 3 is 2.67 bits per heavy atom. The summed E-state index contributed by atoms with van der Waals surface area (Å²) >= 11 is 5.88. The van der Waals surface area contributed by atoms with Crippen LogP contribution < -0.4 is 5.32 Å². The number of hydrogen-bond donors (Lipinski definition) is 1. The first-order chi connectivity index (χ1) is 11.6. The number of nitrogens with zero attached hydrogens (tertiary/aromatic N) is 3. The lowest BCUT2D eigenvalue weighted by molar-refractivity contribution is 0.102. The van der Waals surface area contributed by atoms with Crippen LogP contribution in [0.1, 0.15) is 17.4 Å². The van der Waals surface area contributed by atoms with Gasteiger partial charge >= 0.3 is 0 Å². The molecule has 0 saturated carbocycles. The van der Waals surface area contributed by atoms with E-state index in [0.29, 0.717) is 22.8 Å². The second kappa shape index (κ2) is 6.80. The first-order valence-corrected chi connectivity index (χ1v) is 7.71. The van der Waals surface area contributed by atoms with Gasteiger partial charge in [-0.2, -0.15) is 9.49 Å². The van der Waals surface area contributed by atoms with Crippen molar-refractivity contribution in [3.05, 3.63) is 65.5 Å². The van der Waals surface area contributed by atoms with Crippen LogP contribution in [0.2, 0.25) is 5.02 Å². The van der Waals surface area contributed by atoms with Gasteiger partial charge in [-0.05, 0) is 36.8 Å². The summed E-state index contributed by atoms with van der Waals surface area (Å²) in [6, 6.07) is 9.98. The first-order valence-electron chi connectivity index (χ1n) is 7.33. The highest BCUT2D eigenvalue weighted by Crippen LogP contribution is 2.28. The van der Waals surface area contributed by atoms with Gasteiger partial charge in [-0.3, -0.25) is 9.78 Å². The number of halogens is 2. The summed E-state index contributed by atoms with van der Waals surface area (Å²) in [5.41, 5.74) is 1.21. The number of rotatable bonds is 4. The topological polar surface area (TPSA) is 59.8 Å². The van der Waals surface area contributed by atoms with Gasteiger partial charge in [-0.1, -0.05) is 23.7 Å². The molecule has 0 radical (unpaired) electrons. The molecule has 0 saturated heterocycles. The predicted molar refractivity (Wildman–Crippen MR) is 90.5 cm³/mol. The van der Waals surface area contributed by atoms with E-state index in [1.807, 2.05) is 0 Å². The monoisotopic (exact) mass is 344 g/mol. The third-order valence-electron chi connectivity index (χ3n) is 3.46. The highest BCUT2D eigenvalue weighted by molar-refractivity contribution is 6.30. The molecule has 1 aromatic carbocycles. The number of carbonyl (C=O) groups is 1. The van der Waals surface area contributed by atoms with Crippen molar-refractivity contribution in [1.29, 1.82) is 0 Å². The van der Waals surface area contributed by atoms with Gasteiger partial charge in [0.25, 0.3) is 5.91 Å². The van der Waals surface area contributed by atoms with Crippen LogP contribution in [0.5, 0.6) is 0 Å². The number of hydrogen-bond acceptors (Lipinski definition) is 3. The predicted octanol–water partition coefficient (Wildman–Crippen LogP) is 4.01. The number of pyridine rings is 1. The third kappa shape index (κ3) is 3.14. The van der Waals surface area contributed by atoms with Crippen molar-refractivity contribution < 1.29 is 9.18 Å². The largest absolute Gasteiger partial charge is 0.319 e. The van der Waals surface area contributed by atoms with Crippen LogP contribution in [0, 0.1) is 5.95 Å². The highest BCUT2D eigenvalue weighted by Gasteiger charge is 2.24. The second-order valence-corrected chi connectivity index (χ2v) is 5.47. The first kappa shape index (κ1) is 16.1. The van der Waals surface area contributed by atoms with Gasteiger partial charge in [0.1, 0.15) is 0 Å². The summed E-state index contributed by atoms with van der Waals surface area (Å²) in [7, 11) is 0. The number of nitrogens with one attached hydrogen (secondary N) is 1. The minimum Gasteiger partial charge on any atom is -0.319 e. The van der Waals surface area contributed by atoms with E-state index in [4.69, 9.17) is 11.6 Å². The van der Waals surface area contributed by atoms with Crippen molar-refractivity contribution in [3.63, 3.8) is 0 Å². The summed E-state index contributed by atoms with van der Waals surface area (Å²) in [4.78, 5) is 16.5. The number of aryl methyl sites for hydroxylation is 1. The molecule has 3 rings (SSSR count). The summed E-state index contributed by atoms with van der Waals surface area (Å²) in [6.07, 6.45) is 3.10. The van der Waals surface area contributed by atoms with Crippen molar-refractivity contribution >= 4 is 23.2 Å². The van der Waals surface area contributed by atoms with Crippen LogP contribution >= 0.6 is 11.6 Å². The summed E-state index contributed by atoms with van der Waals surface area (Å²) < 4.78 is 15.8. The minimum atomic E-state index is -0.559. The molecule has 2 heterocycles. The fourth-order valence-electron chi connectivity index (χ4n) is 2.31. The van der Waals surface area contributed by atoms with Gasteiger partial charge in [0, 0.05) is 17.8 Å². The van der Waals surface area contributed by atoms with Crippen LogP contribution in [-0.2, 0) is 6.54 Å². The van der Waals surface area contributed by atoms with Gasteiger partial charge in [0.15, 0.2) is 5.69 Å². The molecule has 0 unspecified atom stereocenters. The molecule has 0 atom stereocenters. The maximum Gasteiger partial charge on any atom is 0.276 e. The molecular weight excluding hydrogens is 331 g/mol. The Labute approximate surface area is 143 Å². The Balaban J connectivity index is 2.03. The van der Waals surface area contributed by atoms with Crippen LogP contribution in [0.4, 0.5) is 10.1 Å². The van der Waals surface area contributed by atoms with Crippen molar-refractivity contribution in [2.45, 2.75) is 13.5 Å². The SMILES string of the molecule is CCn1nc(C(=O)Nc2cccnc2)c(-c2ccc(Cl)cc2)c1F. The molecule has 0 spiro atoms. The maximum atomic E-state index is 14.7. The van der Waals surface area contributed by atoms with Gasteiger partial charge in [-0.15, -0.1) is 0 Å². The van der Waals surface area contributed by atoms with Crippen LogP contribution in [0.15, 0.2) is 48.8 Å². The van der Waals surface area contributed by atoms with E-state index in [0.717, 1.165) is 4.68 Å². The smallest absolute Gasteiger partial charge is 0.276 e. The van der Waals surface area contributed by atoms with Crippen LogP contribution in [-0.4, -0.2) is 20.7 Å². The average molecular weight is 345 g/mol. The molecule has 1 N–H and O–H groups in total. The van der Waals surface area contributed by atoms with E-state index in [-0.39, 0.29) is 11.3 Å². The Hall–Kier alpha value is -2.73. The van der Waals surface area contributed by atoms with E-state index in [1.54, 1.807) is 49.5 Å². The van der Waals surface area contributed by atoms with E-state index < -0.39 is 11.9 Å². The van der Waals surface area contributed by atoms with Crippen molar-refractivity contribution in [3.8, 4) is 11.1 Å². The van der Waals surface area contributed by atoms with Gasteiger partial charge in [-0.25, -0.2) is 4.68 Å². The molecule has 0 bridgehead atoms.